The van der Waals surface area contributed by atoms with Crippen molar-refractivity contribution in [1.82, 2.24) is 20.4 Å². The quantitative estimate of drug-likeness (QED) is 0.763. The van der Waals surface area contributed by atoms with Gasteiger partial charge in [-0.2, -0.15) is 0 Å². The van der Waals surface area contributed by atoms with Crippen LogP contribution >= 0.6 is 0 Å². The van der Waals surface area contributed by atoms with Crippen LogP contribution in [0.25, 0.3) is 0 Å². The Morgan fingerprint density at radius 2 is 1.85 bits per heavy atom. The molecule has 0 saturated carbocycles. The van der Waals surface area contributed by atoms with Gasteiger partial charge in [0.05, 0.1) is 0 Å². The van der Waals surface area contributed by atoms with E-state index in [0.717, 1.165) is 62.3 Å². The van der Waals surface area contributed by atoms with Crippen LogP contribution in [0.3, 0.4) is 0 Å². The van der Waals surface area contributed by atoms with E-state index >= 15 is 0 Å². The van der Waals surface area contributed by atoms with Gasteiger partial charge in [-0.25, -0.2) is 0 Å². The third kappa shape index (κ3) is 3.75. The van der Waals surface area contributed by atoms with Crippen LogP contribution in [0.15, 0.2) is 18.2 Å². The molecule has 1 aromatic carbocycles. The maximum absolute atomic E-state index is 13.1. The summed E-state index contributed by atoms with van der Waals surface area (Å²) in [6, 6.07) is 5.45. The number of imide groups is 1. The summed E-state index contributed by atoms with van der Waals surface area (Å²) in [5.41, 5.74) is 2.78. The van der Waals surface area contributed by atoms with Gasteiger partial charge in [-0.3, -0.25) is 24.6 Å². The van der Waals surface area contributed by atoms with Crippen LogP contribution in [0.1, 0.15) is 47.2 Å². The monoisotopic (exact) mass is 370 g/mol. The molecule has 2 N–H and O–H groups in total. The summed E-state index contributed by atoms with van der Waals surface area (Å²) in [5.74, 6) is -0.693. The van der Waals surface area contributed by atoms with Gasteiger partial charge in [0.25, 0.3) is 5.91 Å². The smallest absolute Gasteiger partial charge is 0.255 e. The third-order valence-corrected chi connectivity index (χ3v) is 5.69. The Labute approximate surface area is 159 Å². The molecule has 0 aliphatic carbocycles. The lowest BCUT2D eigenvalue weighted by atomic mass is 10.0. The molecule has 3 heterocycles. The molecule has 0 radical (unpaired) electrons. The minimum absolute atomic E-state index is 0.0798. The zero-order valence-electron chi connectivity index (χ0n) is 15.5. The molecule has 7 nitrogen and oxygen atoms in total. The number of rotatable bonds is 3. The first-order valence-corrected chi connectivity index (χ1v) is 9.82. The number of nitrogens with zero attached hydrogens (tertiary/aromatic N) is 2. The molecule has 0 bridgehead atoms. The third-order valence-electron chi connectivity index (χ3n) is 5.69. The number of amides is 3. The van der Waals surface area contributed by atoms with Crippen molar-refractivity contribution in [1.29, 1.82) is 0 Å². The van der Waals surface area contributed by atoms with Gasteiger partial charge in [-0.15, -0.1) is 0 Å². The molecule has 2 saturated heterocycles. The van der Waals surface area contributed by atoms with Crippen LogP contribution in [-0.2, 0) is 22.7 Å². The van der Waals surface area contributed by atoms with Gasteiger partial charge in [-0.05, 0) is 56.6 Å². The predicted octanol–water partition coefficient (Wildman–Crippen LogP) is 0.633. The average molecular weight is 370 g/mol. The number of piperidine rings is 1. The second kappa shape index (κ2) is 7.78. The fourth-order valence-electron chi connectivity index (χ4n) is 4.31. The molecular weight excluding hydrogens is 344 g/mol. The van der Waals surface area contributed by atoms with E-state index < -0.39 is 6.04 Å². The molecule has 1 unspecified atom stereocenters. The van der Waals surface area contributed by atoms with Crippen LogP contribution in [0.5, 0.6) is 0 Å². The molecule has 2 fully saturated rings. The van der Waals surface area contributed by atoms with Crippen molar-refractivity contribution in [2.75, 3.05) is 26.2 Å². The normalized spacial score (nSPS) is 24.4. The van der Waals surface area contributed by atoms with E-state index in [1.165, 1.54) is 0 Å². The number of hydrogen-bond acceptors (Lipinski definition) is 5. The van der Waals surface area contributed by atoms with Crippen LogP contribution in [-0.4, -0.2) is 59.7 Å². The topological polar surface area (TPSA) is 81.8 Å². The largest absolute Gasteiger partial charge is 0.322 e. The summed E-state index contributed by atoms with van der Waals surface area (Å²) in [6.45, 7) is 5.30. The molecule has 3 amide bonds. The van der Waals surface area contributed by atoms with Gasteiger partial charge in [0.15, 0.2) is 0 Å². The zero-order chi connectivity index (χ0) is 18.8. The Hall–Kier alpha value is -2.25. The molecule has 1 atom stereocenters. The number of carbonyl (C=O) groups is 3. The van der Waals surface area contributed by atoms with E-state index in [1.807, 2.05) is 18.2 Å². The van der Waals surface area contributed by atoms with Crippen molar-refractivity contribution in [3.05, 3.63) is 34.9 Å². The van der Waals surface area contributed by atoms with Crippen LogP contribution < -0.4 is 10.6 Å². The number of fused-ring (bicyclic) bond motifs is 1. The number of nitrogens with one attached hydrogen (secondary N) is 2. The van der Waals surface area contributed by atoms with Gasteiger partial charge in [0.2, 0.25) is 11.8 Å². The highest BCUT2D eigenvalue weighted by Crippen LogP contribution is 2.30. The molecule has 4 rings (SSSR count). The zero-order valence-corrected chi connectivity index (χ0v) is 15.5. The standard InChI is InChI=1S/C20H26N4O3/c25-17-7-6-16(19(26)22-17)24-13-15-5-1-4-14(18(15)20(24)27)12-23-10-2-8-21-9-3-11-23/h1,4-5,16,21H,2-3,6-13H2,(H,22,25,26). The highest BCUT2D eigenvalue weighted by molar-refractivity contribution is 6.05. The Morgan fingerprint density at radius 1 is 1.07 bits per heavy atom. The number of benzene rings is 1. The highest BCUT2D eigenvalue weighted by atomic mass is 16.2. The van der Waals surface area contributed by atoms with E-state index in [4.69, 9.17) is 0 Å². The first-order chi connectivity index (χ1) is 13.1. The van der Waals surface area contributed by atoms with E-state index in [1.54, 1.807) is 4.90 Å². The second-order valence-corrected chi connectivity index (χ2v) is 7.58. The lowest BCUT2D eigenvalue weighted by Crippen LogP contribution is -2.52. The van der Waals surface area contributed by atoms with Crippen LogP contribution in [0, 0.1) is 0 Å². The first-order valence-electron chi connectivity index (χ1n) is 9.82. The molecule has 7 heteroatoms. The van der Waals surface area contributed by atoms with E-state index in [0.29, 0.717) is 13.0 Å². The van der Waals surface area contributed by atoms with Gasteiger partial charge in [0, 0.05) is 25.1 Å². The molecule has 3 aliphatic heterocycles. The van der Waals surface area contributed by atoms with Crippen molar-refractivity contribution in [3.63, 3.8) is 0 Å². The maximum atomic E-state index is 13.1. The summed E-state index contributed by atoms with van der Waals surface area (Å²) in [6.07, 6.45) is 2.89. The Kier molecular flexibility index (Phi) is 5.22. The molecule has 27 heavy (non-hydrogen) atoms. The van der Waals surface area contributed by atoms with Gasteiger partial charge in [0.1, 0.15) is 6.04 Å². The van der Waals surface area contributed by atoms with E-state index in [-0.39, 0.29) is 24.1 Å². The minimum Gasteiger partial charge on any atom is -0.322 e. The fourth-order valence-corrected chi connectivity index (χ4v) is 4.31. The lowest BCUT2D eigenvalue weighted by molar-refractivity contribution is -0.136. The molecule has 3 aliphatic rings. The minimum atomic E-state index is -0.553. The lowest BCUT2D eigenvalue weighted by Gasteiger charge is -2.29. The van der Waals surface area contributed by atoms with E-state index in [2.05, 4.69) is 15.5 Å². The summed E-state index contributed by atoms with van der Waals surface area (Å²) in [7, 11) is 0. The van der Waals surface area contributed by atoms with Gasteiger partial charge >= 0.3 is 0 Å². The SMILES string of the molecule is O=C1CCC(N2Cc3cccc(CN4CCCNCCC4)c3C2=O)C(=O)N1. The van der Waals surface area contributed by atoms with Crippen molar-refractivity contribution in [2.24, 2.45) is 0 Å². The van der Waals surface area contributed by atoms with Crippen molar-refractivity contribution < 1.29 is 14.4 Å². The summed E-state index contributed by atoms with van der Waals surface area (Å²) < 4.78 is 0. The van der Waals surface area contributed by atoms with Gasteiger partial charge < -0.3 is 10.2 Å². The number of carbonyl (C=O) groups excluding carboxylic acids is 3. The fraction of sp³-hybridized carbons (Fsp3) is 0.550. The summed E-state index contributed by atoms with van der Waals surface area (Å²) in [5, 5.41) is 5.78. The molecule has 0 aromatic heterocycles. The maximum Gasteiger partial charge on any atom is 0.255 e. The van der Waals surface area contributed by atoms with Crippen LogP contribution in [0.4, 0.5) is 0 Å². The number of hydrogen-bond donors (Lipinski definition) is 2. The van der Waals surface area contributed by atoms with Crippen LogP contribution in [0.2, 0.25) is 0 Å². The highest BCUT2D eigenvalue weighted by Gasteiger charge is 2.40. The van der Waals surface area contributed by atoms with Crippen molar-refractivity contribution >= 4 is 17.7 Å². The first kappa shape index (κ1) is 18.1. The Morgan fingerprint density at radius 3 is 2.59 bits per heavy atom. The molecule has 1 aromatic rings. The van der Waals surface area contributed by atoms with Gasteiger partial charge in [-0.1, -0.05) is 18.2 Å². The average Bonchev–Trinajstić information content (AvgIpc) is 2.95. The summed E-state index contributed by atoms with van der Waals surface area (Å²) in [4.78, 5) is 40.8. The van der Waals surface area contributed by atoms with Crippen molar-refractivity contribution in [2.45, 2.75) is 44.8 Å². The molecule has 0 spiro atoms. The molecule has 144 valence electrons. The Balaban J connectivity index is 1.52. The Bertz CT molecular complexity index is 756. The molecular formula is C20H26N4O3. The predicted molar refractivity (Wildman–Crippen MR) is 99.9 cm³/mol. The summed E-state index contributed by atoms with van der Waals surface area (Å²) >= 11 is 0. The second-order valence-electron chi connectivity index (χ2n) is 7.58. The van der Waals surface area contributed by atoms with E-state index in [9.17, 15) is 14.4 Å². The van der Waals surface area contributed by atoms with Crippen molar-refractivity contribution in [3.8, 4) is 0 Å².